The van der Waals surface area contributed by atoms with Gasteiger partial charge in [0.05, 0.1) is 0 Å². The molecule has 0 bridgehead atoms. The summed E-state index contributed by atoms with van der Waals surface area (Å²) in [6.45, 7) is 5.24. The first-order chi connectivity index (χ1) is 5.45. The monoisotopic (exact) mass is 361 g/mol. The van der Waals surface area contributed by atoms with Gasteiger partial charge in [0.1, 0.15) is 0 Å². The van der Waals surface area contributed by atoms with Crippen molar-refractivity contribution in [1.82, 2.24) is 0 Å². The Hall–Kier alpha value is 0.105. The average molecular weight is 360 g/mol. The predicted molar refractivity (Wildman–Crippen MR) is 43.5 cm³/mol. The number of methoxy groups -OCH3 is 1. The van der Waals surface area contributed by atoms with Crippen molar-refractivity contribution in [3.8, 4) is 0 Å². The summed E-state index contributed by atoms with van der Waals surface area (Å²) in [4.78, 5) is 9.00. The normalized spacial score (nSPS) is 13.0. The van der Waals surface area contributed by atoms with Crippen LogP contribution in [0.25, 0.3) is 0 Å². The van der Waals surface area contributed by atoms with E-state index in [0.717, 1.165) is 33.0 Å². The maximum atomic E-state index is 9.00. The fraction of sp³-hybridized carbons (Fsp3) is 0.625. The van der Waals surface area contributed by atoms with E-state index in [1.165, 1.54) is 3.08 Å². The van der Waals surface area contributed by atoms with Crippen LogP contribution in [0.5, 0.6) is 0 Å². The molecule has 0 saturated carbocycles. The van der Waals surface area contributed by atoms with Crippen LogP contribution in [0.4, 0.5) is 0 Å². The van der Waals surface area contributed by atoms with Gasteiger partial charge in [-0.15, -0.1) is 0 Å². The van der Waals surface area contributed by atoms with Crippen molar-refractivity contribution >= 4 is 5.97 Å². The topological polar surface area (TPSA) is 46.5 Å². The number of hydrogen-bond acceptors (Lipinski definition) is 2. The van der Waals surface area contributed by atoms with Crippen molar-refractivity contribution in [1.29, 1.82) is 0 Å². The molecule has 0 aromatic heterocycles. The Balaban J connectivity index is 0. The Morgan fingerprint density at radius 2 is 2.00 bits per heavy atom. The summed E-state index contributed by atoms with van der Waals surface area (Å²) in [6, 6.07) is 0. The first-order valence-corrected chi connectivity index (χ1v) is 6.41. The van der Waals surface area contributed by atoms with Gasteiger partial charge in [-0.25, -0.2) is 0 Å². The summed E-state index contributed by atoms with van der Waals surface area (Å²) < 4.78 is 6.56. The molecule has 0 spiro atoms. The van der Waals surface area contributed by atoms with E-state index in [0.29, 0.717) is 6.10 Å². The number of aliphatic carboxylic acids is 1. The summed E-state index contributed by atoms with van der Waals surface area (Å²) in [5.41, 5.74) is 0. The molecular weight excluding hydrogens is 345 g/mol. The van der Waals surface area contributed by atoms with Crippen LogP contribution < -0.4 is 0 Å². The molecule has 67 valence electrons. The van der Waals surface area contributed by atoms with Crippen molar-refractivity contribution in [2.24, 2.45) is 0 Å². The standard InChI is InChI=1S/C6H11O.C2H4O2.Hg/c1-4-5-6(2)7-3;1-2(3)4;/h4,6H,1-3H3;1H3,(H,3,4);. The van der Waals surface area contributed by atoms with Crippen LogP contribution in [0.2, 0.25) is 0 Å². The molecule has 0 aliphatic heterocycles. The van der Waals surface area contributed by atoms with Gasteiger partial charge in [0.25, 0.3) is 5.97 Å². The Bertz CT molecular complexity index is 150. The summed E-state index contributed by atoms with van der Waals surface area (Å²) in [7, 11) is 1.75. The number of ether oxygens (including phenoxy) is 1. The van der Waals surface area contributed by atoms with Gasteiger partial charge in [-0.3, -0.25) is 4.79 Å². The number of allylic oxidation sites excluding steroid dienone is 1. The number of rotatable bonds is 2. The molecule has 4 heteroatoms. The predicted octanol–water partition coefficient (Wildman–Crippen LogP) is 1.56. The Morgan fingerprint density at radius 1 is 1.67 bits per heavy atom. The van der Waals surface area contributed by atoms with Gasteiger partial charge in [0.15, 0.2) is 0 Å². The minimum Gasteiger partial charge on any atom is -0.481 e. The summed E-state index contributed by atoms with van der Waals surface area (Å²) in [5.74, 6) is -0.833. The van der Waals surface area contributed by atoms with Crippen molar-refractivity contribution < 1.29 is 40.8 Å². The molecule has 0 heterocycles. The second kappa shape index (κ2) is 9.20. The number of hydrogen-bond donors (Lipinski definition) is 1. The summed E-state index contributed by atoms with van der Waals surface area (Å²) >= 11 is 0.742. The molecule has 0 amide bonds. The first kappa shape index (κ1) is 14.6. The van der Waals surface area contributed by atoms with E-state index in [2.05, 4.69) is 19.9 Å². The quantitative estimate of drug-likeness (QED) is 0.761. The third-order valence-electron chi connectivity index (χ3n) is 1.25. The van der Waals surface area contributed by atoms with Crippen molar-refractivity contribution in [3.05, 3.63) is 9.16 Å². The molecule has 3 nitrogen and oxygen atoms in total. The van der Waals surface area contributed by atoms with Crippen LogP contribution in [0.3, 0.4) is 0 Å². The van der Waals surface area contributed by atoms with Gasteiger partial charge in [0.2, 0.25) is 0 Å². The molecule has 0 aliphatic carbocycles. The first-order valence-electron chi connectivity index (χ1n) is 3.66. The van der Waals surface area contributed by atoms with Gasteiger partial charge in [0, 0.05) is 6.92 Å². The Labute approximate surface area is 89.8 Å². The average Bonchev–Trinajstić information content (AvgIpc) is 2.00. The van der Waals surface area contributed by atoms with Crippen LogP contribution in [0.1, 0.15) is 20.8 Å². The van der Waals surface area contributed by atoms with Crippen LogP contribution >= 0.6 is 0 Å². The largest absolute Gasteiger partial charge is 0.481 e. The van der Waals surface area contributed by atoms with Gasteiger partial charge < -0.3 is 5.11 Å². The zero-order chi connectivity index (χ0) is 10.1. The van der Waals surface area contributed by atoms with Crippen LogP contribution in [0.15, 0.2) is 9.16 Å². The SMILES string of the molecule is C/C=[C](\[Hg])C(C)OC.CC(=O)O. The number of carboxylic acids is 1. The zero-order valence-electron chi connectivity index (χ0n) is 8.13. The molecule has 12 heavy (non-hydrogen) atoms. The van der Waals surface area contributed by atoms with Crippen molar-refractivity contribution in [3.63, 3.8) is 0 Å². The summed E-state index contributed by atoms with van der Waals surface area (Å²) in [6.07, 6.45) is 2.51. The number of carboxylic acid groups (broad SMARTS) is 1. The molecule has 0 aromatic rings. The molecule has 0 aromatic carbocycles. The third kappa shape index (κ3) is 12.8. The van der Waals surface area contributed by atoms with Gasteiger partial charge >= 0.3 is 67.1 Å². The van der Waals surface area contributed by atoms with E-state index >= 15 is 0 Å². The zero-order valence-corrected chi connectivity index (χ0v) is 13.6. The molecule has 1 N–H and O–H groups in total. The molecule has 1 atom stereocenters. The summed E-state index contributed by atoms with van der Waals surface area (Å²) in [5, 5.41) is 7.42. The fourth-order valence-corrected chi connectivity index (χ4v) is 1.03. The second-order valence-corrected chi connectivity index (χ2v) is 5.43. The van der Waals surface area contributed by atoms with Crippen LogP contribution in [0, 0.1) is 0 Å². The van der Waals surface area contributed by atoms with E-state index in [1.54, 1.807) is 7.11 Å². The van der Waals surface area contributed by atoms with Crippen LogP contribution in [-0.4, -0.2) is 24.3 Å². The van der Waals surface area contributed by atoms with E-state index in [9.17, 15) is 0 Å². The molecule has 0 saturated heterocycles. The maximum absolute atomic E-state index is 9.00. The Kier molecular flexibility index (Phi) is 11.2. The number of carbonyl (C=O) groups is 1. The Morgan fingerprint density at radius 3 is 2.08 bits per heavy atom. The minimum absolute atomic E-state index is 0.364. The molecule has 1 unspecified atom stereocenters. The molecule has 0 rings (SSSR count). The third-order valence-corrected chi connectivity index (χ3v) is 5.07. The molecule has 0 aliphatic rings. The molecule has 0 radical (unpaired) electrons. The maximum Gasteiger partial charge on any atom is 0.300 e. The molecular formula is C8H15HgO3. The van der Waals surface area contributed by atoms with E-state index in [1.807, 2.05) is 0 Å². The van der Waals surface area contributed by atoms with E-state index in [4.69, 9.17) is 14.6 Å². The fourth-order valence-electron chi connectivity index (χ4n) is 0.386. The minimum atomic E-state index is -0.833. The van der Waals surface area contributed by atoms with Crippen LogP contribution in [-0.2, 0) is 35.7 Å². The molecule has 0 fully saturated rings. The van der Waals surface area contributed by atoms with Gasteiger partial charge in [-0.05, 0) is 0 Å². The smallest absolute Gasteiger partial charge is 0.300 e. The van der Waals surface area contributed by atoms with E-state index < -0.39 is 5.97 Å². The van der Waals surface area contributed by atoms with Gasteiger partial charge in [-0.1, -0.05) is 0 Å². The van der Waals surface area contributed by atoms with Gasteiger partial charge in [-0.2, -0.15) is 0 Å². The van der Waals surface area contributed by atoms with Crippen molar-refractivity contribution in [2.75, 3.05) is 7.11 Å². The second-order valence-electron chi connectivity index (χ2n) is 2.26. The van der Waals surface area contributed by atoms with E-state index in [-0.39, 0.29) is 0 Å². The van der Waals surface area contributed by atoms with Crippen molar-refractivity contribution in [2.45, 2.75) is 26.9 Å².